The van der Waals surface area contributed by atoms with Gasteiger partial charge in [-0.3, -0.25) is 14.6 Å². The molecule has 7 heteroatoms. The van der Waals surface area contributed by atoms with Gasteiger partial charge in [0.15, 0.2) is 10.9 Å². The predicted molar refractivity (Wildman–Crippen MR) is 136 cm³/mol. The highest BCUT2D eigenvalue weighted by atomic mass is 32.1. The Balaban J connectivity index is 1.58. The smallest absolute Gasteiger partial charge is 0.235 e. The number of thiazole rings is 1. The fourth-order valence-corrected chi connectivity index (χ4v) is 5.96. The number of benzene rings is 2. The maximum atomic E-state index is 13.7. The van der Waals surface area contributed by atoms with Gasteiger partial charge >= 0.3 is 0 Å². The van der Waals surface area contributed by atoms with Crippen LogP contribution in [-0.2, 0) is 9.59 Å². The van der Waals surface area contributed by atoms with Crippen LogP contribution in [0.2, 0.25) is 0 Å². The molecule has 2 atom stereocenters. The van der Waals surface area contributed by atoms with Crippen molar-refractivity contribution in [2.24, 2.45) is 16.3 Å². The maximum absolute atomic E-state index is 13.7. The number of aliphatic imine (C=N–C) groups is 1. The van der Waals surface area contributed by atoms with Crippen molar-refractivity contribution in [3.05, 3.63) is 65.4 Å². The average molecular weight is 474 g/mol. The van der Waals surface area contributed by atoms with Crippen LogP contribution in [0.5, 0.6) is 5.75 Å². The Morgan fingerprint density at radius 2 is 1.94 bits per heavy atom. The molecule has 2 aliphatic rings. The molecule has 1 aliphatic carbocycles. The van der Waals surface area contributed by atoms with Crippen molar-refractivity contribution in [2.75, 3.05) is 12.4 Å². The number of ketones is 1. The lowest BCUT2D eigenvalue weighted by Gasteiger charge is -2.39. The summed E-state index contributed by atoms with van der Waals surface area (Å²) >= 11 is 1.44. The summed E-state index contributed by atoms with van der Waals surface area (Å²) in [5.41, 5.74) is 3.72. The van der Waals surface area contributed by atoms with E-state index >= 15 is 0 Å². The van der Waals surface area contributed by atoms with Crippen LogP contribution >= 0.6 is 11.3 Å². The van der Waals surface area contributed by atoms with Gasteiger partial charge in [0.05, 0.1) is 23.2 Å². The molecule has 6 nitrogen and oxygen atoms in total. The lowest BCUT2D eigenvalue weighted by molar-refractivity contribution is -0.119. The molecule has 0 bridgehead atoms. The van der Waals surface area contributed by atoms with Gasteiger partial charge in [-0.25, -0.2) is 4.98 Å². The molecule has 174 valence electrons. The van der Waals surface area contributed by atoms with Gasteiger partial charge < -0.3 is 10.1 Å². The van der Waals surface area contributed by atoms with E-state index < -0.39 is 11.8 Å². The number of allylic oxidation sites excluding steroid dienone is 2. The van der Waals surface area contributed by atoms with Gasteiger partial charge in [0, 0.05) is 29.3 Å². The lowest BCUT2D eigenvalue weighted by Crippen LogP contribution is -2.41. The third-order valence-electron chi connectivity index (χ3n) is 6.56. The number of fused-ring (bicyclic) bond motifs is 1. The van der Waals surface area contributed by atoms with Crippen LogP contribution < -0.4 is 10.1 Å². The summed E-state index contributed by atoms with van der Waals surface area (Å²) in [6.45, 7) is 6.06. The largest absolute Gasteiger partial charge is 0.497 e. The molecular formula is C27H27N3O3S. The molecule has 0 radical (unpaired) electrons. The summed E-state index contributed by atoms with van der Waals surface area (Å²) in [5.74, 6) is -0.511. The minimum Gasteiger partial charge on any atom is -0.497 e. The standard InChI is InChI=1S/C27H27N3O3S/c1-15-22(25(32)30-26-29-18-10-5-6-11-21(18)34-26)23(16-8-7-9-17(12-16)33-4)24-19(28-15)13-27(2,3)14-20(24)31/h5-12,22-23H,13-14H2,1-4H3,(H,29,30,32)/t22?,23-/m1/s1. The Hall–Kier alpha value is -3.32. The molecule has 0 saturated carbocycles. The maximum Gasteiger partial charge on any atom is 0.235 e. The third-order valence-corrected chi connectivity index (χ3v) is 7.51. The number of hydrogen-bond donors (Lipinski definition) is 1. The van der Waals surface area contributed by atoms with Crippen molar-refractivity contribution in [3.8, 4) is 5.75 Å². The first-order valence-corrected chi connectivity index (χ1v) is 12.2. The second kappa shape index (κ2) is 8.47. The number of Topliss-reactive ketones (excluding diaryl/α,β-unsaturated/α-hetero) is 1. The Labute approximate surface area is 202 Å². The van der Waals surface area contributed by atoms with Crippen molar-refractivity contribution in [1.29, 1.82) is 0 Å². The minimum atomic E-state index is -0.622. The number of carbonyl (C=O) groups is 2. The highest BCUT2D eigenvalue weighted by Gasteiger charge is 2.45. The molecule has 1 N–H and O–H groups in total. The number of para-hydroxylation sites is 1. The molecule has 1 aliphatic heterocycles. The third kappa shape index (κ3) is 4.05. The molecule has 0 saturated heterocycles. The topological polar surface area (TPSA) is 80.6 Å². The molecule has 1 amide bonds. The van der Waals surface area contributed by atoms with E-state index in [-0.39, 0.29) is 17.1 Å². The van der Waals surface area contributed by atoms with Crippen LogP contribution in [0.4, 0.5) is 5.13 Å². The van der Waals surface area contributed by atoms with E-state index in [1.165, 1.54) is 11.3 Å². The Morgan fingerprint density at radius 1 is 1.15 bits per heavy atom. The van der Waals surface area contributed by atoms with E-state index in [4.69, 9.17) is 9.73 Å². The first-order chi connectivity index (χ1) is 16.3. The summed E-state index contributed by atoms with van der Waals surface area (Å²) in [6.07, 6.45) is 1.14. The second-order valence-corrected chi connectivity index (χ2v) is 10.8. The van der Waals surface area contributed by atoms with Crippen LogP contribution in [0, 0.1) is 11.3 Å². The van der Waals surface area contributed by atoms with E-state index in [0.29, 0.717) is 35.0 Å². The zero-order valence-corrected chi connectivity index (χ0v) is 20.5. The summed E-state index contributed by atoms with van der Waals surface area (Å²) in [4.78, 5) is 36.5. The number of rotatable bonds is 4. The fraction of sp³-hybridized carbons (Fsp3) is 0.333. The number of aromatic nitrogens is 1. The summed E-state index contributed by atoms with van der Waals surface area (Å²) in [5, 5.41) is 3.55. The number of amides is 1. The van der Waals surface area contributed by atoms with Gasteiger partial charge in [-0.1, -0.05) is 49.4 Å². The van der Waals surface area contributed by atoms with Crippen LogP contribution in [0.1, 0.15) is 45.1 Å². The molecule has 0 fully saturated rings. The molecule has 2 heterocycles. The highest BCUT2D eigenvalue weighted by Crippen LogP contribution is 2.48. The highest BCUT2D eigenvalue weighted by molar-refractivity contribution is 7.22. The molecular weight excluding hydrogens is 446 g/mol. The van der Waals surface area contributed by atoms with E-state index in [1.54, 1.807) is 7.11 Å². The number of methoxy groups -OCH3 is 1. The SMILES string of the molecule is COc1cccc([C@H]2C3=C(CC(C)(C)CC3=O)N=C(C)C2C(=O)Nc2nc3ccccc3s2)c1. The van der Waals surface area contributed by atoms with Crippen LogP contribution in [0.3, 0.4) is 0 Å². The zero-order chi connectivity index (χ0) is 24.0. The van der Waals surface area contributed by atoms with E-state index in [1.807, 2.05) is 55.5 Å². The Kier molecular flexibility index (Phi) is 5.60. The summed E-state index contributed by atoms with van der Waals surface area (Å²) in [7, 11) is 1.61. The monoisotopic (exact) mass is 473 g/mol. The Morgan fingerprint density at radius 3 is 2.71 bits per heavy atom. The number of hydrogen-bond acceptors (Lipinski definition) is 6. The van der Waals surface area contributed by atoms with Gasteiger partial charge in [-0.15, -0.1) is 0 Å². The molecule has 0 spiro atoms. The van der Waals surface area contributed by atoms with Gasteiger partial charge in [0.25, 0.3) is 0 Å². The van der Waals surface area contributed by atoms with Crippen molar-refractivity contribution in [1.82, 2.24) is 4.98 Å². The van der Waals surface area contributed by atoms with E-state index in [2.05, 4.69) is 24.1 Å². The van der Waals surface area contributed by atoms with Crippen molar-refractivity contribution in [3.63, 3.8) is 0 Å². The van der Waals surface area contributed by atoms with Crippen LogP contribution in [0.25, 0.3) is 10.2 Å². The van der Waals surface area contributed by atoms with Crippen molar-refractivity contribution < 1.29 is 14.3 Å². The minimum absolute atomic E-state index is 0.0631. The molecule has 1 unspecified atom stereocenters. The zero-order valence-electron chi connectivity index (χ0n) is 19.7. The van der Waals surface area contributed by atoms with E-state index in [9.17, 15) is 9.59 Å². The van der Waals surface area contributed by atoms with Crippen molar-refractivity contribution in [2.45, 2.75) is 39.5 Å². The van der Waals surface area contributed by atoms with Gasteiger partial charge in [0.2, 0.25) is 5.91 Å². The fourth-order valence-electron chi connectivity index (χ4n) is 5.09. The normalized spacial score (nSPS) is 21.8. The van der Waals surface area contributed by atoms with Crippen molar-refractivity contribution >= 4 is 44.1 Å². The van der Waals surface area contributed by atoms with E-state index in [0.717, 1.165) is 21.5 Å². The second-order valence-electron chi connectivity index (χ2n) is 9.76. The summed E-state index contributed by atoms with van der Waals surface area (Å²) in [6, 6.07) is 15.4. The van der Waals surface area contributed by atoms with Gasteiger partial charge in [-0.05, 0) is 48.6 Å². The number of nitrogens with one attached hydrogen (secondary N) is 1. The number of ether oxygens (including phenoxy) is 1. The van der Waals surface area contributed by atoms with Gasteiger partial charge in [-0.2, -0.15) is 0 Å². The average Bonchev–Trinajstić information content (AvgIpc) is 3.19. The molecule has 2 aromatic carbocycles. The molecule has 3 aromatic rings. The van der Waals surface area contributed by atoms with Crippen LogP contribution in [-0.4, -0.2) is 29.5 Å². The molecule has 1 aromatic heterocycles. The first-order valence-electron chi connectivity index (χ1n) is 11.4. The number of anilines is 1. The van der Waals surface area contributed by atoms with Gasteiger partial charge in [0.1, 0.15) is 5.75 Å². The molecule has 5 rings (SSSR count). The number of carbonyl (C=O) groups excluding carboxylic acids is 2. The summed E-state index contributed by atoms with van der Waals surface area (Å²) < 4.78 is 6.46. The Bertz CT molecular complexity index is 1340. The lowest BCUT2D eigenvalue weighted by atomic mass is 9.66. The van der Waals surface area contributed by atoms with Crippen LogP contribution in [0.15, 0.2) is 64.8 Å². The quantitative estimate of drug-likeness (QED) is 0.522. The number of nitrogens with zero attached hydrogens (tertiary/aromatic N) is 2. The first kappa shape index (κ1) is 22.5. The molecule has 34 heavy (non-hydrogen) atoms. The predicted octanol–water partition coefficient (Wildman–Crippen LogP) is 5.76.